The Labute approximate surface area is 66.1 Å². The van der Waals surface area contributed by atoms with Gasteiger partial charge in [-0.15, -0.1) is 5.11 Å². The summed E-state index contributed by atoms with van der Waals surface area (Å²) in [6, 6.07) is 7.87. The monoisotopic (exact) mass is 149 g/mol. The molecule has 0 aromatic heterocycles. The first-order valence-electron chi connectivity index (χ1n) is 3.47. The molecule has 1 aromatic rings. The van der Waals surface area contributed by atoms with Crippen molar-refractivity contribution in [2.24, 2.45) is 10.3 Å². The smallest absolute Gasteiger partial charge is 0.0876 e. The molecule has 0 saturated carbocycles. The van der Waals surface area contributed by atoms with Crippen LogP contribution in [0.25, 0.3) is 0 Å². The topological polar surface area (TPSA) is 36.8 Å². The van der Waals surface area contributed by atoms with Crippen molar-refractivity contribution < 1.29 is 0 Å². The fraction of sp³-hybridized carbons (Fsp3) is 0.250. The molecule has 1 N–H and O–H groups in total. The fourth-order valence-corrected chi connectivity index (χ4v) is 0.798. The van der Waals surface area contributed by atoms with E-state index < -0.39 is 0 Å². The Morgan fingerprint density at radius 1 is 1.36 bits per heavy atom. The summed E-state index contributed by atoms with van der Waals surface area (Å²) in [7, 11) is 1.72. The highest BCUT2D eigenvalue weighted by atomic mass is 15.4. The quantitative estimate of drug-likeness (QED) is 0.508. The van der Waals surface area contributed by atoms with Crippen molar-refractivity contribution in [3.63, 3.8) is 0 Å². The molecule has 11 heavy (non-hydrogen) atoms. The molecule has 1 aromatic carbocycles. The second-order valence-corrected chi connectivity index (χ2v) is 2.26. The Morgan fingerprint density at radius 3 is 2.82 bits per heavy atom. The van der Waals surface area contributed by atoms with Gasteiger partial charge in [0.05, 0.1) is 5.69 Å². The van der Waals surface area contributed by atoms with Gasteiger partial charge in [-0.05, 0) is 24.6 Å². The van der Waals surface area contributed by atoms with Gasteiger partial charge in [-0.25, -0.2) is 0 Å². The first-order chi connectivity index (χ1) is 5.33. The van der Waals surface area contributed by atoms with E-state index in [0.717, 1.165) is 5.69 Å². The number of hydrogen-bond acceptors (Lipinski definition) is 2. The van der Waals surface area contributed by atoms with Crippen LogP contribution in [0.5, 0.6) is 0 Å². The van der Waals surface area contributed by atoms with Crippen LogP contribution in [0.2, 0.25) is 0 Å². The number of benzene rings is 1. The second kappa shape index (κ2) is 3.71. The largest absolute Gasteiger partial charge is 0.295 e. The third-order valence-corrected chi connectivity index (χ3v) is 1.27. The average molecular weight is 149 g/mol. The maximum absolute atomic E-state index is 3.90. The van der Waals surface area contributed by atoms with Crippen LogP contribution in [-0.2, 0) is 0 Å². The molecular weight excluding hydrogens is 138 g/mol. The predicted octanol–water partition coefficient (Wildman–Crippen LogP) is 2.21. The zero-order valence-corrected chi connectivity index (χ0v) is 6.70. The van der Waals surface area contributed by atoms with Crippen molar-refractivity contribution in [3.05, 3.63) is 29.8 Å². The molecule has 0 heterocycles. The molecule has 0 amide bonds. The summed E-state index contributed by atoms with van der Waals surface area (Å²) in [6.45, 7) is 2.03. The SMILES string of the molecule is CNN=Nc1cccc(C)c1. The zero-order chi connectivity index (χ0) is 8.10. The molecule has 0 atom stereocenters. The molecule has 1 rings (SSSR count). The average Bonchev–Trinajstić information content (AvgIpc) is 2.01. The molecule has 0 aliphatic carbocycles. The maximum Gasteiger partial charge on any atom is 0.0876 e. The first kappa shape index (κ1) is 7.72. The second-order valence-electron chi connectivity index (χ2n) is 2.26. The van der Waals surface area contributed by atoms with E-state index in [9.17, 15) is 0 Å². The fourth-order valence-electron chi connectivity index (χ4n) is 0.798. The Balaban J connectivity index is 2.79. The van der Waals surface area contributed by atoms with Crippen molar-refractivity contribution in [2.75, 3.05) is 7.05 Å². The molecule has 0 unspecified atom stereocenters. The van der Waals surface area contributed by atoms with Crippen LogP contribution in [0.15, 0.2) is 34.6 Å². The lowest BCUT2D eigenvalue weighted by molar-refractivity contribution is 0.822. The van der Waals surface area contributed by atoms with Crippen molar-refractivity contribution >= 4 is 5.69 Å². The van der Waals surface area contributed by atoms with Crippen molar-refractivity contribution in [1.82, 2.24) is 5.43 Å². The molecule has 0 saturated heterocycles. The predicted molar refractivity (Wildman–Crippen MR) is 44.8 cm³/mol. The van der Waals surface area contributed by atoms with E-state index in [1.807, 2.05) is 31.2 Å². The Morgan fingerprint density at radius 2 is 2.18 bits per heavy atom. The Kier molecular flexibility index (Phi) is 2.60. The van der Waals surface area contributed by atoms with Gasteiger partial charge in [0.2, 0.25) is 0 Å². The maximum atomic E-state index is 3.90. The molecule has 0 aliphatic heterocycles. The number of hydrogen-bond donors (Lipinski definition) is 1. The van der Waals surface area contributed by atoms with Crippen molar-refractivity contribution in [1.29, 1.82) is 0 Å². The molecule has 58 valence electrons. The van der Waals surface area contributed by atoms with Crippen LogP contribution in [0.1, 0.15) is 5.56 Å². The molecule has 3 nitrogen and oxygen atoms in total. The number of nitrogens with zero attached hydrogens (tertiary/aromatic N) is 2. The molecule has 3 heteroatoms. The molecule has 0 aliphatic rings. The summed E-state index contributed by atoms with van der Waals surface area (Å²) in [5.74, 6) is 0. The lowest BCUT2D eigenvalue weighted by Crippen LogP contribution is -1.89. The van der Waals surface area contributed by atoms with Crippen LogP contribution in [0.4, 0.5) is 5.69 Å². The van der Waals surface area contributed by atoms with E-state index in [1.165, 1.54) is 5.56 Å². The van der Waals surface area contributed by atoms with Gasteiger partial charge in [-0.3, -0.25) is 5.43 Å². The zero-order valence-electron chi connectivity index (χ0n) is 6.70. The van der Waals surface area contributed by atoms with Crippen LogP contribution in [-0.4, -0.2) is 7.05 Å². The van der Waals surface area contributed by atoms with E-state index in [4.69, 9.17) is 0 Å². The van der Waals surface area contributed by atoms with Gasteiger partial charge in [-0.2, -0.15) is 0 Å². The van der Waals surface area contributed by atoms with Gasteiger partial charge in [0, 0.05) is 7.05 Å². The van der Waals surface area contributed by atoms with Gasteiger partial charge < -0.3 is 0 Å². The van der Waals surface area contributed by atoms with Crippen LogP contribution in [0, 0.1) is 6.92 Å². The summed E-state index contributed by atoms with van der Waals surface area (Å²) in [5.41, 5.74) is 4.66. The standard InChI is InChI=1S/C8H11N3/c1-7-4-3-5-8(6-7)10-11-9-2/h3-6H,1-2H3,(H,9,10). The third kappa shape index (κ3) is 2.37. The lowest BCUT2D eigenvalue weighted by atomic mass is 10.2. The van der Waals surface area contributed by atoms with E-state index >= 15 is 0 Å². The summed E-state index contributed by atoms with van der Waals surface area (Å²) in [5, 5.41) is 7.56. The van der Waals surface area contributed by atoms with Crippen LogP contribution in [0.3, 0.4) is 0 Å². The van der Waals surface area contributed by atoms with E-state index in [0.29, 0.717) is 0 Å². The molecule has 0 radical (unpaired) electrons. The number of nitrogens with one attached hydrogen (secondary N) is 1. The van der Waals surface area contributed by atoms with E-state index in [-0.39, 0.29) is 0 Å². The van der Waals surface area contributed by atoms with Crippen LogP contribution >= 0.6 is 0 Å². The summed E-state index contributed by atoms with van der Waals surface area (Å²) in [6.07, 6.45) is 0. The van der Waals surface area contributed by atoms with Gasteiger partial charge >= 0.3 is 0 Å². The van der Waals surface area contributed by atoms with Crippen molar-refractivity contribution in [2.45, 2.75) is 6.92 Å². The number of rotatable bonds is 2. The minimum atomic E-state index is 0.874. The van der Waals surface area contributed by atoms with Crippen LogP contribution < -0.4 is 5.43 Å². The van der Waals surface area contributed by atoms with E-state index in [2.05, 4.69) is 15.8 Å². The van der Waals surface area contributed by atoms with E-state index in [1.54, 1.807) is 7.05 Å². The number of aryl methyl sites for hydroxylation is 1. The Bertz CT molecular complexity index is 255. The van der Waals surface area contributed by atoms with Gasteiger partial charge in [0.25, 0.3) is 0 Å². The molecular formula is C8H11N3. The minimum Gasteiger partial charge on any atom is -0.295 e. The highest BCUT2D eigenvalue weighted by molar-refractivity contribution is 5.38. The van der Waals surface area contributed by atoms with Gasteiger partial charge in [-0.1, -0.05) is 17.4 Å². The summed E-state index contributed by atoms with van der Waals surface area (Å²) < 4.78 is 0. The van der Waals surface area contributed by atoms with Crippen molar-refractivity contribution in [3.8, 4) is 0 Å². The summed E-state index contributed by atoms with van der Waals surface area (Å²) >= 11 is 0. The third-order valence-electron chi connectivity index (χ3n) is 1.27. The van der Waals surface area contributed by atoms with Gasteiger partial charge in [0.15, 0.2) is 0 Å². The highest BCUT2D eigenvalue weighted by Crippen LogP contribution is 2.12. The molecule has 0 bridgehead atoms. The normalized spacial score (nSPS) is 10.4. The first-order valence-corrected chi connectivity index (χ1v) is 3.47. The lowest BCUT2D eigenvalue weighted by Gasteiger charge is -1.92. The molecule has 0 spiro atoms. The summed E-state index contributed by atoms with van der Waals surface area (Å²) in [4.78, 5) is 0. The molecule has 0 fully saturated rings. The van der Waals surface area contributed by atoms with Gasteiger partial charge in [0.1, 0.15) is 0 Å². The Hall–Kier alpha value is -1.38. The minimum absolute atomic E-state index is 0.874. The highest BCUT2D eigenvalue weighted by Gasteiger charge is 1.87.